The maximum atomic E-state index is 12.7. The summed E-state index contributed by atoms with van der Waals surface area (Å²) in [6.45, 7) is 6.90. The minimum atomic E-state index is -0.0491. The quantitative estimate of drug-likeness (QED) is 0.782. The van der Waals surface area contributed by atoms with Crippen LogP contribution in [-0.2, 0) is 24.8 Å². The molecular weight excluding hydrogens is 294 g/mol. The Morgan fingerprint density at radius 3 is 2.96 bits per heavy atom. The van der Waals surface area contributed by atoms with Crippen molar-refractivity contribution in [2.45, 2.75) is 32.9 Å². The molecule has 7 nitrogen and oxygen atoms in total. The Balaban J connectivity index is 1.77. The molecule has 0 fully saturated rings. The third-order valence-electron chi connectivity index (χ3n) is 4.38. The molecule has 3 rings (SSSR count). The van der Waals surface area contributed by atoms with Crippen molar-refractivity contribution in [2.75, 3.05) is 19.8 Å². The van der Waals surface area contributed by atoms with E-state index < -0.39 is 0 Å². The summed E-state index contributed by atoms with van der Waals surface area (Å²) in [7, 11) is 1.79. The molecular formula is C16H23N5O2. The van der Waals surface area contributed by atoms with Gasteiger partial charge >= 0.3 is 0 Å². The highest BCUT2D eigenvalue weighted by molar-refractivity contribution is 5.92. The third kappa shape index (κ3) is 2.88. The van der Waals surface area contributed by atoms with E-state index in [2.05, 4.69) is 14.6 Å². The minimum Gasteiger partial charge on any atom is -0.381 e. The van der Waals surface area contributed by atoms with Crippen molar-refractivity contribution in [3.05, 3.63) is 35.7 Å². The zero-order valence-corrected chi connectivity index (χ0v) is 13.9. The SMILES string of the molecule is CCOCCc1cnc2n1CCN(C(=O)c1ccnn1C)C2C. The summed E-state index contributed by atoms with van der Waals surface area (Å²) in [5.41, 5.74) is 1.78. The van der Waals surface area contributed by atoms with Gasteiger partial charge in [-0.1, -0.05) is 0 Å². The minimum absolute atomic E-state index is 0.00242. The van der Waals surface area contributed by atoms with Gasteiger partial charge in [0.05, 0.1) is 12.6 Å². The van der Waals surface area contributed by atoms with Gasteiger partial charge in [0.2, 0.25) is 0 Å². The lowest BCUT2D eigenvalue weighted by Crippen LogP contribution is -2.42. The normalized spacial score (nSPS) is 17.3. The van der Waals surface area contributed by atoms with Crippen molar-refractivity contribution in [1.29, 1.82) is 0 Å². The number of ether oxygens (including phenoxy) is 1. The number of amides is 1. The van der Waals surface area contributed by atoms with Crippen molar-refractivity contribution >= 4 is 5.91 Å². The van der Waals surface area contributed by atoms with Gasteiger partial charge in [-0.05, 0) is 19.9 Å². The molecule has 2 aromatic heterocycles. The molecule has 1 atom stereocenters. The first-order valence-corrected chi connectivity index (χ1v) is 8.04. The summed E-state index contributed by atoms with van der Waals surface area (Å²) >= 11 is 0. The maximum absolute atomic E-state index is 12.7. The van der Waals surface area contributed by atoms with Crippen molar-refractivity contribution < 1.29 is 9.53 Å². The van der Waals surface area contributed by atoms with E-state index in [9.17, 15) is 4.79 Å². The second-order valence-corrected chi connectivity index (χ2v) is 5.72. The molecule has 1 unspecified atom stereocenters. The number of aromatic nitrogens is 4. The first kappa shape index (κ1) is 15.7. The number of aryl methyl sites for hydroxylation is 1. The standard InChI is InChI=1S/C16H23N5O2/c1-4-23-10-6-13-11-17-15-12(2)20(8-9-21(13)15)16(22)14-5-7-18-19(14)3/h5,7,11-12H,4,6,8-10H2,1-3H3. The molecule has 2 aromatic rings. The first-order chi connectivity index (χ1) is 11.1. The first-order valence-electron chi connectivity index (χ1n) is 8.04. The number of carbonyl (C=O) groups excluding carboxylic acids is 1. The molecule has 0 saturated heterocycles. The summed E-state index contributed by atoms with van der Waals surface area (Å²) in [6.07, 6.45) is 4.40. The number of hydrogen-bond acceptors (Lipinski definition) is 4. The number of imidazole rings is 1. The molecule has 0 bridgehead atoms. The van der Waals surface area contributed by atoms with E-state index in [1.54, 1.807) is 24.0 Å². The third-order valence-corrected chi connectivity index (χ3v) is 4.38. The van der Waals surface area contributed by atoms with Gasteiger partial charge in [-0.2, -0.15) is 5.10 Å². The largest absolute Gasteiger partial charge is 0.381 e. The van der Waals surface area contributed by atoms with Crippen LogP contribution in [0.2, 0.25) is 0 Å². The lowest BCUT2D eigenvalue weighted by molar-refractivity contribution is 0.0623. The molecule has 0 spiro atoms. The van der Waals surface area contributed by atoms with Crippen LogP contribution in [0.15, 0.2) is 18.5 Å². The van der Waals surface area contributed by atoms with Crippen LogP contribution in [0.3, 0.4) is 0 Å². The zero-order chi connectivity index (χ0) is 16.4. The fourth-order valence-electron chi connectivity index (χ4n) is 3.09. The van der Waals surface area contributed by atoms with Gasteiger partial charge in [0.1, 0.15) is 11.5 Å². The van der Waals surface area contributed by atoms with Crippen LogP contribution < -0.4 is 0 Å². The van der Waals surface area contributed by atoms with Crippen LogP contribution in [0.4, 0.5) is 0 Å². The van der Waals surface area contributed by atoms with E-state index in [0.29, 0.717) is 18.8 Å². The van der Waals surface area contributed by atoms with Crippen LogP contribution in [0.5, 0.6) is 0 Å². The summed E-state index contributed by atoms with van der Waals surface area (Å²) in [5.74, 6) is 0.945. The Labute approximate surface area is 135 Å². The maximum Gasteiger partial charge on any atom is 0.272 e. The highest BCUT2D eigenvalue weighted by Crippen LogP contribution is 2.26. The van der Waals surface area contributed by atoms with Gasteiger partial charge in [-0.25, -0.2) is 4.98 Å². The molecule has 1 aliphatic rings. The van der Waals surface area contributed by atoms with E-state index in [1.807, 2.05) is 24.9 Å². The van der Waals surface area contributed by atoms with Crippen molar-refractivity contribution in [3.63, 3.8) is 0 Å². The Kier molecular flexibility index (Phi) is 4.47. The number of rotatable bonds is 5. The van der Waals surface area contributed by atoms with Crippen LogP contribution in [0.1, 0.15) is 41.9 Å². The molecule has 0 saturated carbocycles. The summed E-state index contributed by atoms with van der Waals surface area (Å²) in [4.78, 5) is 19.1. The van der Waals surface area contributed by atoms with Gasteiger partial charge in [0.25, 0.3) is 5.91 Å². The van der Waals surface area contributed by atoms with E-state index in [-0.39, 0.29) is 11.9 Å². The van der Waals surface area contributed by atoms with Crippen LogP contribution in [0.25, 0.3) is 0 Å². The fraction of sp³-hybridized carbons (Fsp3) is 0.562. The topological polar surface area (TPSA) is 65.2 Å². The van der Waals surface area contributed by atoms with Gasteiger partial charge in [0, 0.05) is 51.3 Å². The monoisotopic (exact) mass is 317 g/mol. The number of nitrogens with zero attached hydrogens (tertiary/aromatic N) is 5. The predicted molar refractivity (Wildman–Crippen MR) is 85.1 cm³/mol. The van der Waals surface area contributed by atoms with E-state index in [1.165, 1.54) is 5.69 Å². The molecule has 0 radical (unpaired) electrons. The average molecular weight is 317 g/mol. The highest BCUT2D eigenvalue weighted by Gasteiger charge is 2.31. The average Bonchev–Trinajstić information content (AvgIpc) is 3.14. The Morgan fingerprint density at radius 2 is 2.26 bits per heavy atom. The summed E-state index contributed by atoms with van der Waals surface area (Å²) in [5, 5.41) is 4.08. The summed E-state index contributed by atoms with van der Waals surface area (Å²) < 4.78 is 9.26. The molecule has 23 heavy (non-hydrogen) atoms. The Bertz CT molecular complexity index is 690. The lowest BCUT2D eigenvalue weighted by atomic mass is 10.2. The molecule has 124 valence electrons. The summed E-state index contributed by atoms with van der Waals surface area (Å²) in [6, 6.07) is 1.70. The number of hydrogen-bond donors (Lipinski definition) is 0. The van der Waals surface area contributed by atoms with E-state index in [0.717, 1.165) is 25.4 Å². The molecule has 7 heteroatoms. The number of fused-ring (bicyclic) bond motifs is 1. The zero-order valence-electron chi connectivity index (χ0n) is 13.9. The Morgan fingerprint density at radius 1 is 1.43 bits per heavy atom. The molecule has 0 aliphatic carbocycles. The van der Waals surface area contributed by atoms with Crippen molar-refractivity contribution in [2.24, 2.45) is 7.05 Å². The fourth-order valence-corrected chi connectivity index (χ4v) is 3.09. The van der Waals surface area contributed by atoms with Gasteiger partial charge in [0.15, 0.2) is 0 Å². The highest BCUT2D eigenvalue weighted by atomic mass is 16.5. The van der Waals surface area contributed by atoms with Crippen LogP contribution in [-0.4, -0.2) is 49.9 Å². The molecule has 0 N–H and O–H groups in total. The van der Waals surface area contributed by atoms with E-state index in [4.69, 9.17) is 4.74 Å². The Hall–Kier alpha value is -2.15. The number of carbonyl (C=O) groups is 1. The lowest BCUT2D eigenvalue weighted by Gasteiger charge is -2.34. The van der Waals surface area contributed by atoms with E-state index >= 15 is 0 Å². The molecule has 1 amide bonds. The molecule has 0 aromatic carbocycles. The van der Waals surface area contributed by atoms with Crippen molar-refractivity contribution in [3.8, 4) is 0 Å². The molecule has 3 heterocycles. The second kappa shape index (κ2) is 6.54. The van der Waals surface area contributed by atoms with Gasteiger partial charge in [-0.15, -0.1) is 0 Å². The van der Waals surface area contributed by atoms with Gasteiger partial charge in [-0.3, -0.25) is 9.48 Å². The second-order valence-electron chi connectivity index (χ2n) is 5.72. The van der Waals surface area contributed by atoms with Crippen LogP contribution in [0, 0.1) is 0 Å². The predicted octanol–water partition coefficient (Wildman–Crippen LogP) is 1.41. The van der Waals surface area contributed by atoms with Gasteiger partial charge < -0.3 is 14.2 Å². The van der Waals surface area contributed by atoms with Crippen LogP contribution >= 0.6 is 0 Å². The molecule has 1 aliphatic heterocycles. The smallest absolute Gasteiger partial charge is 0.272 e. The van der Waals surface area contributed by atoms with Crippen molar-refractivity contribution in [1.82, 2.24) is 24.2 Å².